The molecule has 0 atom stereocenters. The third-order valence-electron chi connectivity index (χ3n) is 3.12. The normalized spacial score (nSPS) is 15.8. The van der Waals surface area contributed by atoms with Crippen LogP contribution in [0.25, 0.3) is 0 Å². The van der Waals surface area contributed by atoms with Crippen molar-refractivity contribution >= 4 is 11.7 Å². The number of methoxy groups -OCH3 is 1. The van der Waals surface area contributed by atoms with Crippen molar-refractivity contribution in [3.63, 3.8) is 0 Å². The van der Waals surface area contributed by atoms with Crippen LogP contribution in [0.2, 0.25) is 0 Å². The van der Waals surface area contributed by atoms with E-state index in [1.807, 2.05) is 17.2 Å². The molecule has 1 aromatic carbocycles. The van der Waals surface area contributed by atoms with E-state index in [0.29, 0.717) is 12.2 Å². The molecule has 1 aliphatic rings. The summed E-state index contributed by atoms with van der Waals surface area (Å²) < 4.78 is 4.66. The SMILES string of the molecule is COC(=O)c1ccc(N2CC(C)=C(C)CO2)cc1. The first-order valence-corrected chi connectivity index (χ1v) is 5.86. The van der Waals surface area contributed by atoms with E-state index in [2.05, 4.69) is 18.6 Å². The van der Waals surface area contributed by atoms with Crippen LogP contribution in [-0.2, 0) is 9.57 Å². The number of hydrogen-bond acceptors (Lipinski definition) is 4. The van der Waals surface area contributed by atoms with Gasteiger partial charge in [0.05, 0.1) is 31.5 Å². The minimum absolute atomic E-state index is 0.326. The number of ether oxygens (including phenoxy) is 1. The second kappa shape index (κ2) is 5.23. The zero-order valence-electron chi connectivity index (χ0n) is 10.9. The topological polar surface area (TPSA) is 38.8 Å². The zero-order valence-corrected chi connectivity index (χ0v) is 10.9. The summed E-state index contributed by atoms with van der Waals surface area (Å²) in [6.07, 6.45) is 0. The highest BCUT2D eigenvalue weighted by Crippen LogP contribution is 2.22. The Kier molecular flexibility index (Phi) is 3.67. The lowest BCUT2D eigenvalue weighted by Crippen LogP contribution is -2.31. The van der Waals surface area contributed by atoms with Crippen LogP contribution >= 0.6 is 0 Å². The molecule has 0 saturated carbocycles. The number of esters is 1. The second-order valence-electron chi connectivity index (χ2n) is 4.41. The van der Waals surface area contributed by atoms with E-state index < -0.39 is 0 Å². The van der Waals surface area contributed by atoms with Crippen molar-refractivity contribution < 1.29 is 14.4 Å². The molecule has 0 fully saturated rings. The van der Waals surface area contributed by atoms with Gasteiger partial charge in [-0.15, -0.1) is 0 Å². The Morgan fingerprint density at radius 2 is 1.89 bits per heavy atom. The molecule has 1 aliphatic heterocycles. The van der Waals surface area contributed by atoms with Crippen molar-refractivity contribution in [2.24, 2.45) is 0 Å². The standard InChI is InChI=1S/C14H17NO3/c1-10-8-15(18-9-11(10)2)13-6-4-12(5-7-13)14(16)17-3/h4-7H,8-9H2,1-3H3. The molecule has 0 saturated heterocycles. The Bertz CT molecular complexity index is 476. The third kappa shape index (κ3) is 2.54. The molecular weight excluding hydrogens is 230 g/mol. The van der Waals surface area contributed by atoms with Crippen molar-refractivity contribution in [3.8, 4) is 0 Å². The van der Waals surface area contributed by atoms with Gasteiger partial charge < -0.3 is 4.74 Å². The summed E-state index contributed by atoms with van der Waals surface area (Å²) in [7, 11) is 1.38. The van der Waals surface area contributed by atoms with Gasteiger partial charge in [-0.1, -0.05) is 5.57 Å². The maximum atomic E-state index is 11.3. The smallest absolute Gasteiger partial charge is 0.337 e. The maximum absolute atomic E-state index is 11.3. The molecular formula is C14H17NO3. The van der Waals surface area contributed by atoms with Crippen LogP contribution in [0.3, 0.4) is 0 Å². The van der Waals surface area contributed by atoms with Crippen molar-refractivity contribution in [2.45, 2.75) is 13.8 Å². The van der Waals surface area contributed by atoms with Gasteiger partial charge in [0.1, 0.15) is 0 Å². The monoisotopic (exact) mass is 247 g/mol. The van der Waals surface area contributed by atoms with E-state index >= 15 is 0 Å². The fourth-order valence-corrected chi connectivity index (χ4v) is 1.74. The van der Waals surface area contributed by atoms with Crippen LogP contribution in [-0.4, -0.2) is 26.2 Å². The minimum atomic E-state index is -0.326. The number of hydrogen-bond donors (Lipinski definition) is 0. The Morgan fingerprint density at radius 3 is 2.44 bits per heavy atom. The number of benzene rings is 1. The number of nitrogens with zero attached hydrogens (tertiary/aromatic N) is 1. The predicted octanol–water partition coefficient (Wildman–Crippen LogP) is 2.56. The molecule has 0 radical (unpaired) electrons. The third-order valence-corrected chi connectivity index (χ3v) is 3.12. The van der Waals surface area contributed by atoms with Crippen molar-refractivity contribution in [1.29, 1.82) is 0 Å². The summed E-state index contributed by atoms with van der Waals surface area (Å²) in [5, 5.41) is 1.84. The zero-order chi connectivity index (χ0) is 13.1. The highest BCUT2D eigenvalue weighted by molar-refractivity contribution is 5.89. The molecule has 0 aliphatic carbocycles. The molecule has 4 nitrogen and oxygen atoms in total. The molecule has 0 spiro atoms. The molecule has 0 amide bonds. The van der Waals surface area contributed by atoms with Crippen molar-refractivity contribution in [3.05, 3.63) is 41.0 Å². The summed E-state index contributed by atoms with van der Waals surface area (Å²) in [6, 6.07) is 7.20. The van der Waals surface area contributed by atoms with Crippen LogP contribution in [0.1, 0.15) is 24.2 Å². The molecule has 0 bridgehead atoms. The maximum Gasteiger partial charge on any atom is 0.337 e. The summed E-state index contributed by atoms with van der Waals surface area (Å²) in [6.45, 7) is 5.55. The number of carbonyl (C=O) groups excluding carboxylic acids is 1. The first-order chi connectivity index (χ1) is 8.61. The lowest BCUT2D eigenvalue weighted by molar-refractivity contribution is 0.0600. The Balaban J connectivity index is 2.14. The van der Waals surface area contributed by atoms with Gasteiger partial charge in [0.15, 0.2) is 0 Å². The van der Waals surface area contributed by atoms with E-state index in [1.165, 1.54) is 18.3 Å². The average molecular weight is 247 g/mol. The average Bonchev–Trinajstić information content (AvgIpc) is 2.41. The van der Waals surface area contributed by atoms with Gasteiger partial charge >= 0.3 is 5.97 Å². The highest BCUT2D eigenvalue weighted by Gasteiger charge is 2.15. The Morgan fingerprint density at radius 1 is 1.22 bits per heavy atom. The molecule has 18 heavy (non-hydrogen) atoms. The summed E-state index contributed by atoms with van der Waals surface area (Å²) in [4.78, 5) is 17.0. The fraction of sp³-hybridized carbons (Fsp3) is 0.357. The summed E-state index contributed by atoms with van der Waals surface area (Å²) >= 11 is 0. The van der Waals surface area contributed by atoms with Gasteiger partial charge in [-0.2, -0.15) is 0 Å². The molecule has 1 heterocycles. The van der Waals surface area contributed by atoms with Crippen molar-refractivity contribution in [1.82, 2.24) is 0 Å². The summed E-state index contributed by atoms with van der Waals surface area (Å²) in [5.74, 6) is -0.326. The number of rotatable bonds is 2. The van der Waals surface area contributed by atoms with Crippen LogP contribution in [0, 0.1) is 0 Å². The molecule has 1 aromatic rings. The van der Waals surface area contributed by atoms with E-state index in [-0.39, 0.29) is 5.97 Å². The molecule has 0 unspecified atom stereocenters. The van der Waals surface area contributed by atoms with Gasteiger partial charge in [0, 0.05) is 0 Å². The van der Waals surface area contributed by atoms with Crippen molar-refractivity contribution in [2.75, 3.05) is 25.3 Å². The largest absolute Gasteiger partial charge is 0.465 e. The summed E-state index contributed by atoms with van der Waals surface area (Å²) in [5.41, 5.74) is 4.08. The van der Waals surface area contributed by atoms with E-state index in [9.17, 15) is 4.79 Å². The second-order valence-corrected chi connectivity index (χ2v) is 4.41. The highest BCUT2D eigenvalue weighted by atomic mass is 16.7. The molecule has 4 heteroatoms. The molecule has 96 valence electrons. The minimum Gasteiger partial charge on any atom is -0.465 e. The van der Waals surface area contributed by atoms with Gasteiger partial charge in [-0.05, 0) is 43.7 Å². The molecule has 2 rings (SSSR count). The van der Waals surface area contributed by atoms with Crippen LogP contribution in [0.15, 0.2) is 35.4 Å². The Labute approximate surface area is 107 Å². The molecule has 0 aromatic heterocycles. The van der Waals surface area contributed by atoms with E-state index in [4.69, 9.17) is 4.84 Å². The lowest BCUT2D eigenvalue weighted by atomic mass is 10.1. The predicted molar refractivity (Wildman–Crippen MR) is 69.5 cm³/mol. The lowest BCUT2D eigenvalue weighted by Gasteiger charge is -2.29. The van der Waals surface area contributed by atoms with E-state index in [1.54, 1.807) is 12.1 Å². The number of carbonyl (C=O) groups is 1. The van der Waals surface area contributed by atoms with Gasteiger partial charge in [-0.3, -0.25) is 4.84 Å². The van der Waals surface area contributed by atoms with E-state index in [0.717, 1.165) is 12.2 Å². The molecule has 0 N–H and O–H groups in total. The van der Waals surface area contributed by atoms with Gasteiger partial charge in [0.2, 0.25) is 0 Å². The van der Waals surface area contributed by atoms with Crippen LogP contribution in [0.4, 0.5) is 5.69 Å². The number of anilines is 1. The van der Waals surface area contributed by atoms with Gasteiger partial charge in [0.25, 0.3) is 0 Å². The quantitative estimate of drug-likeness (QED) is 0.594. The van der Waals surface area contributed by atoms with Gasteiger partial charge in [-0.25, -0.2) is 9.86 Å². The number of hydroxylamine groups is 1. The first-order valence-electron chi connectivity index (χ1n) is 5.86. The fourth-order valence-electron chi connectivity index (χ4n) is 1.74. The Hall–Kier alpha value is -1.81. The van der Waals surface area contributed by atoms with Crippen LogP contribution < -0.4 is 5.06 Å². The first kappa shape index (κ1) is 12.6. The van der Waals surface area contributed by atoms with Crippen LogP contribution in [0.5, 0.6) is 0 Å².